The molecular formula is C12H27N3. The van der Waals surface area contributed by atoms with E-state index in [1.807, 2.05) is 0 Å². The van der Waals surface area contributed by atoms with Crippen LogP contribution in [0.15, 0.2) is 0 Å². The van der Waals surface area contributed by atoms with Gasteiger partial charge in [0.1, 0.15) is 0 Å². The smallest absolute Gasteiger partial charge is 0.0316 e. The Balaban J connectivity index is 2.50. The van der Waals surface area contributed by atoms with E-state index >= 15 is 0 Å². The second-order valence-electron chi connectivity index (χ2n) is 5.42. The normalized spacial score (nSPS) is 29.4. The monoisotopic (exact) mass is 213 g/mol. The second kappa shape index (κ2) is 5.83. The van der Waals surface area contributed by atoms with Crippen molar-refractivity contribution in [2.75, 3.05) is 33.2 Å². The van der Waals surface area contributed by atoms with Gasteiger partial charge < -0.3 is 16.0 Å². The van der Waals surface area contributed by atoms with Crippen LogP contribution in [0.3, 0.4) is 0 Å². The van der Waals surface area contributed by atoms with Crippen LogP contribution in [0.2, 0.25) is 0 Å². The third kappa shape index (κ3) is 4.09. The summed E-state index contributed by atoms with van der Waals surface area (Å²) in [4.78, 5) is 2.41. The van der Waals surface area contributed by atoms with Crippen LogP contribution in [-0.4, -0.2) is 43.7 Å². The molecule has 1 rings (SSSR count). The van der Waals surface area contributed by atoms with E-state index in [-0.39, 0.29) is 5.54 Å². The molecule has 0 aromatic heterocycles. The molecule has 3 nitrogen and oxygen atoms in total. The molecule has 90 valence electrons. The summed E-state index contributed by atoms with van der Waals surface area (Å²) in [7, 11) is 2.20. The molecule has 1 aliphatic heterocycles. The Kier molecular flexibility index (Phi) is 5.03. The van der Waals surface area contributed by atoms with Crippen LogP contribution in [0.4, 0.5) is 0 Å². The molecule has 1 atom stereocenters. The Morgan fingerprint density at radius 3 is 2.67 bits per heavy atom. The van der Waals surface area contributed by atoms with Crippen molar-refractivity contribution in [3.05, 3.63) is 0 Å². The number of nitrogens with one attached hydrogen (secondary N) is 1. The van der Waals surface area contributed by atoms with E-state index in [0.29, 0.717) is 5.92 Å². The van der Waals surface area contributed by atoms with Crippen molar-refractivity contribution in [1.29, 1.82) is 0 Å². The van der Waals surface area contributed by atoms with E-state index in [1.165, 1.54) is 32.4 Å². The zero-order valence-electron chi connectivity index (χ0n) is 10.6. The van der Waals surface area contributed by atoms with Crippen LogP contribution in [-0.2, 0) is 0 Å². The molecule has 0 amide bonds. The minimum absolute atomic E-state index is 0.203. The molecule has 1 saturated heterocycles. The van der Waals surface area contributed by atoms with Gasteiger partial charge in [0, 0.05) is 12.1 Å². The Labute approximate surface area is 94.4 Å². The standard InChI is InChI=1S/C12H27N3/c1-11(2)9-14-12(10-13)5-4-7-15(3)8-6-12/h11,14H,4-10,13H2,1-3H3. The van der Waals surface area contributed by atoms with Crippen molar-refractivity contribution in [2.24, 2.45) is 11.7 Å². The number of hydrogen-bond donors (Lipinski definition) is 2. The van der Waals surface area contributed by atoms with Crippen molar-refractivity contribution in [1.82, 2.24) is 10.2 Å². The largest absolute Gasteiger partial charge is 0.329 e. The van der Waals surface area contributed by atoms with E-state index in [2.05, 4.69) is 31.1 Å². The lowest BCUT2D eigenvalue weighted by Crippen LogP contribution is -2.52. The van der Waals surface area contributed by atoms with Crippen LogP contribution in [0.25, 0.3) is 0 Å². The van der Waals surface area contributed by atoms with Gasteiger partial charge in [-0.2, -0.15) is 0 Å². The fourth-order valence-electron chi connectivity index (χ4n) is 2.20. The molecule has 3 N–H and O–H groups in total. The lowest BCUT2D eigenvalue weighted by atomic mass is 9.90. The molecule has 1 heterocycles. The quantitative estimate of drug-likeness (QED) is 0.733. The van der Waals surface area contributed by atoms with Gasteiger partial charge in [-0.05, 0) is 51.9 Å². The van der Waals surface area contributed by atoms with Gasteiger partial charge in [0.15, 0.2) is 0 Å². The summed E-state index contributed by atoms with van der Waals surface area (Å²) in [5.74, 6) is 0.703. The molecule has 15 heavy (non-hydrogen) atoms. The third-order valence-electron chi connectivity index (χ3n) is 3.44. The highest BCUT2D eigenvalue weighted by atomic mass is 15.1. The van der Waals surface area contributed by atoms with Crippen molar-refractivity contribution in [3.8, 4) is 0 Å². The summed E-state index contributed by atoms with van der Waals surface area (Å²) in [6, 6.07) is 0. The molecular weight excluding hydrogens is 186 g/mol. The highest BCUT2D eigenvalue weighted by Gasteiger charge is 2.29. The van der Waals surface area contributed by atoms with Gasteiger partial charge in [-0.3, -0.25) is 0 Å². The van der Waals surface area contributed by atoms with E-state index in [9.17, 15) is 0 Å². The minimum Gasteiger partial charge on any atom is -0.329 e. The average molecular weight is 213 g/mol. The fraction of sp³-hybridized carbons (Fsp3) is 1.00. The highest BCUT2D eigenvalue weighted by molar-refractivity contribution is 4.92. The maximum atomic E-state index is 5.96. The predicted octanol–water partition coefficient (Wildman–Crippen LogP) is 1.05. The topological polar surface area (TPSA) is 41.3 Å². The maximum Gasteiger partial charge on any atom is 0.0316 e. The molecule has 0 saturated carbocycles. The molecule has 0 aromatic rings. The summed E-state index contributed by atoms with van der Waals surface area (Å²) in [6.45, 7) is 8.74. The molecule has 0 bridgehead atoms. The Morgan fingerprint density at radius 2 is 2.07 bits per heavy atom. The van der Waals surface area contributed by atoms with Crippen molar-refractivity contribution in [3.63, 3.8) is 0 Å². The SMILES string of the molecule is CC(C)CNC1(CN)CCCN(C)CC1. The molecule has 0 spiro atoms. The molecule has 0 aliphatic carbocycles. The van der Waals surface area contributed by atoms with E-state index < -0.39 is 0 Å². The minimum atomic E-state index is 0.203. The first-order valence-corrected chi connectivity index (χ1v) is 6.22. The van der Waals surface area contributed by atoms with Crippen LogP contribution >= 0.6 is 0 Å². The molecule has 0 aromatic carbocycles. The molecule has 1 aliphatic rings. The molecule has 1 unspecified atom stereocenters. The molecule has 1 fully saturated rings. The van der Waals surface area contributed by atoms with Crippen LogP contribution < -0.4 is 11.1 Å². The average Bonchev–Trinajstić information content (AvgIpc) is 2.39. The summed E-state index contributed by atoms with van der Waals surface area (Å²) in [5.41, 5.74) is 6.16. The third-order valence-corrected chi connectivity index (χ3v) is 3.44. The van der Waals surface area contributed by atoms with Gasteiger partial charge in [-0.25, -0.2) is 0 Å². The van der Waals surface area contributed by atoms with Crippen molar-refractivity contribution in [2.45, 2.75) is 38.6 Å². The molecule has 3 heteroatoms. The van der Waals surface area contributed by atoms with Crippen LogP contribution in [0.5, 0.6) is 0 Å². The van der Waals surface area contributed by atoms with Gasteiger partial charge in [-0.15, -0.1) is 0 Å². The number of likely N-dealkylation sites (tertiary alicyclic amines) is 1. The fourth-order valence-corrected chi connectivity index (χ4v) is 2.20. The summed E-state index contributed by atoms with van der Waals surface area (Å²) < 4.78 is 0. The molecule has 0 radical (unpaired) electrons. The Bertz CT molecular complexity index is 182. The highest BCUT2D eigenvalue weighted by Crippen LogP contribution is 2.21. The lowest BCUT2D eigenvalue weighted by molar-refractivity contribution is 0.272. The van der Waals surface area contributed by atoms with Crippen molar-refractivity contribution < 1.29 is 0 Å². The van der Waals surface area contributed by atoms with Gasteiger partial charge in [-0.1, -0.05) is 13.8 Å². The maximum absolute atomic E-state index is 5.96. The predicted molar refractivity (Wildman–Crippen MR) is 66.0 cm³/mol. The van der Waals surface area contributed by atoms with Crippen LogP contribution in [0.1, 0.15) is 33.1 Å². The van der Waals surface area contributed by atoms with E-state index in [1.54, 1.807) is 0 Å². The Hall–Kier alpha value is -0.120. The van der Waals surface area contributed by atoms with Gasteiger partial charge in [0.2, 0.25) is 0 Å². The lowest BCUT2D eigenvalue weighted by Gasteiger charge is -2.33. The first-order valence-electron chi connectivity index (χ1n) is 6.22. The van der Waals surface area contributed by atoms with Gasteiger partial charge >= 0.3 is 0 Å². The summed E-state index contributed by atoms with van der Waals surface area (Å²) in [6.07, 6.45) is 3.67. The first-order chi connectivity index (χ1) is 7.08. The number of nitrogens with zero attached hydrogens (tertiary/aromatic N) is 1. The number of nitrogens with two attached hydrogens (primary N) is 1. The van der Waals surface area contributed by atoms with Gasteiger partial charge in [0.05, 0.1) is 0 Å². The van der Waals surface area contributed by atoms with E-state index in [0.717, 1.165) is 13.1 Å². The summed E-state index contributed by atoms with van der Waals surface area (Å²) >= 11 is 0. The first kappa shape index (κ1) is 12.9. The zero-order valence-corrected chi connectivity index (χ0v) is 10.6. The number of rotatable bonds is 4. The van der Waals surface area contributed by atoms with Crippen molar-refractivity contribution >= 4 is 0 Å². The second-order valence-corrected chi connectivity index (χ2v) is 5.42. The zero-order chi connectivity index (χ0) is 11.3. The van der Waals surface area contributed by atoms with Gasteiger partial charge in [0.25, 0.3) is 0 Å². The van der Waals surface area contributed by atoms with Crippen LogP contribution in [0, 0.1) is 5.92 Å². The Morgan fingerprint density at radius 1 is 1.33 bits per heavy atom. The number of hydrogen-bond acceptors (Lipinski definition) is 3. The van der Waals surface area contributed by atoms with E-state index in [4.69, 9.17) is 5.73 Å². The summed E-state index contributed by atoms with van der Waals surface area (Å²) in [5, 5.41) is 3.69.